The molecular formula is C17H20N4O. The van der Waals surface area contributed by atoms with Gasteiger partial charge in [0, 0.05) is 42.3 Å². The van der Waals surface area contributed by atoms with Gasteiger partial charge in [0.15, 0.2) is 0 Å². The summed E-state index contributed by atoms with van der Waals surface area (Å²) in [5.41, 5.74) is 2.99. The Bertz CT molecular complexity index is 753. The summed E-state index contributed by atoms with van der Waals surface area (Å²) in [6.07, 6.45) is 6.66. The average Bonchev–Trinajstić information content (AvgIpc) is 3.04. The number of para-hydroxylation sites is 1. The molecule has 0 fully saturated rings. The Morgan fingerprint density at radius 1 is 1.32 bits per heavy atom. The van der Waals surface area contributed by atoms with E-state index < -0.39 is 0 Å². The van der Waals surface area contributed by atoms with E-state index in [0.717, 1.165) is 47.5 Å². The molecule has 0 unspecified atom stereocenters. The van der Waals surface area contributed by atoms with Gasteiger partial charge in [0.05, 0.1) is 13.4 Å². The van der Waals surface area contributed by atoms with Gasteiger partial charge in [0.2, 0.25) is 0 Å². The second-order valence-corrected chi connectivity index (χ2v) is 5.25. The van der Waals surface area contributed by atoms with Gasteiger partial charge in [0.25, 0.3) is 0 Å². The standard InChI is InChI=1S/C17H20N4O/c1-13-11-15(19-7-4-9-21-10-8-18-12-21)14-5-3-6-16(22-2)17(14)20-13/h3,5-6,8,10-12H,4,7,9H2,1-2H3,(H,19,20). The number of fused-ring (bicyclic) bond motifs is 1. The number of aryl methyl sites for hydroxylation is 2. The highest BCUT2D eigenvalue weighted by molar-refractivity contribution is 5.95. The van der Waals surface area contributed by atoms with E-state index in [1.807, 2.05) is 31.6 Å². The first-order valence-corrected chi connectivity index (χ1v) is 7.42. The molecule has 22 heavy (non-hydrogen) atoms. The lowest BCUT2D eigenvalue weighted by atomic mass is 10.1. The van der Waals surface area contributed by atoms with E-state index in [9.17, 15) is 0 Å². The fraction of sp³-hybridized carbons (Fsp3) is 0.294. The van der Waals surface area contributed by atoms with Crippen LogP contribution < -0.4 is 10.1 Å². The maximum Gasteiger partial charge on any atom is 0.145 e. The summed E-state index contributed by atoms with van der Waals surface area (Å²) in [6.45, 7) is 3.86. The molecule has 3 aromatic rings. The van der Waals surface area contributed by atoms with E-state index in [1.165, 1.54) is 0 Å². The summed E-state index contributed by atoms with van der Waals surface area (Å²) >= 11 is 0. The van der Waals surface area contributed by atoms with Crippen LogP contribution in [-0.4, -0.2) is 28.2 Å². The molecule has 2 aromatic heterocycles. The highest BCUT2D eigenvalue weighted by atomic mass is 16.5. The largest absolute Gasteiger partial charge is 0.494 e. The molecule has 5 nitrogen and oxygen atoms in total. The Balaban J connectivity index is 1.75. The molecule has 114 valence electrons. The van der Waals surface area contributed by atoms with Gasteiger partial charge in [-0.3, -0.25) is 0 Å². The number of benzene rings is 1. The lowest BCUT2D eigenvalue weighted by Gasteiger charge is -2.12. The summed E-state index contributed by atoms with van der Waals surface area (Å²) in [4.78, 5) is 8.65. The van der Waals surface area contributed by atoms with Gasteiger partial charge in [-0.1, -0.05) is 12.1 Å². The molecule has 0 amide bonds. The molecular weight excluding hydrogens is 276 g/mol. The normalized spacial score (nSPS) is 10.8. The first-order chi connectivity index (χ1) is 10.8. The minimum absolute atomic E-state index is 0.808. The maximum absolute atomic E-state index is 5.41. The van der Waals surface area contributed by atoms with E-state index in [-0.39, 0.29) is 0 Å². The van der Waals surface area contributed by atoms with Gasteiger partial charge < -0.3 is 14.6 Å². The number of aromatic nitrogens is 3. The van der Waals surface area contributed by atoms with Crippen molar-refractivity contribution in [2.75, 3.05) is 19.0 Å². The Hall–Kier alpha value is -2.56. The van der Waals surface area contributed by atoms with Gasteiger partial charge in [-0.2, -0.15) is 0 Å². The second kappa shape index (κ2) is 6.47. The Labute approximate surface area is 130 Å². The number of hydrogen-bond donors (Lipinski definition) is 1. The van der Waals surface area contributed by atoms with E-state index >= 15 is 0 Å². The van der Waals surface area contributed by atoms with Gasteiger partial charge in [-0.05, 0) is 25.5 Å². The van der Waals surface area contributed by atoms with Gasteiger partial charge in [-0.25, -0.2) is 9.97 Å². The maximum atomic E-state index is 5.41. The third-order valence-corrected chi connectivity index (χ3v) is 3.62. The smallest absolute Gasteiger partial charge is 0.145 e. The molecule has 0 radical (unpaired) electrons. The van der Waals surface area contributed by atoms with Crippen LogP contribution in [0.2, 0.25) is 0 Å². The Morgan fingerprint density at radius 3 is 3.00 bits per heavy atom. The molecule has 0 atom stereocenters. The van der Waals surface area contributed by atoms with Crippen LogP contribution in [0.1, 0.15) is 12.1 Å². The van der Waals surface area contributed by atoms with Crippen molar-refractivity contribution in [1.82, 2.24) is 14.5 Å². The molecule has 1 aromatic carbocycles. The van der Waals surface area contributed by atoms with Crippen LogP contribution in [0.25, 0.3) is 10.9 Å². The zero-order valence-electron chi connectivity index (χ0n) is 12.9. The third kappa shape index (κ3) is 3.03. The van der Waals surface area contributed by atoms with Crippen LogP contribution in [0.15, 0.2) is 43.0 Å². The first kappa shape index (κ1) is 14.4. The van der Waals surface area contributed by atoms with Gasteiger partial charge >= 0.3 is 0 Å². The molecule has 2 heterocycles. The molecule has 0 aliphatic heterocycles. The fourth-order valence-corrected chi connectivity index (χ4v) is 2.56. The third-order valence-electron chi connectivity index (χ3n) is 3.62. The van der Waals surface area contributed by atoms with E-state index in [1.54, 1.807) is 13.3 Å². The molecule has 0 aliphatic carbocycles. The predicted octanol–water partition coefficient (Wildman–Crippen LogP) is 3.25. The molecule has 3 rings (SSSR count). The van der Waals surface area contributed by atoms with Crippen LogP contribution in [0, 0.1) is 6.92 Å². The number of anilines is 1. The first-order valence-electron chi connectivity index (χ1n) is 7.42. The molecule has 0 bridgehead atoms. The molecule has 1 N–H and O–H groups in total. The summed E-state index contributed by atoms with van der Waals surface area (Å²) in [5.74, 6) is 0.808. The Morgan fingerprint density at radius 2 is 2.23 bits per heavy atom. The van der Waals surface area contributed by atoms with Crippen LogP contribution >= 0.6 is 0 Å². The molecule has 5 heteroatoms. The quantitative estimate of drug-likeness (QED) is 0.709. The number of nitrogens with zero attached hydrogens (tertiary/aromatic N) is 3. The van der Waals surface area contributed by atoms with Crippen LogP contribution in [0.5, 0.6) is 5.75 Å². The number of rotatable bonds is 6. The number of pyridine rings is 1. The summed E-state index contributed by atoms with van der Waals surface area (Å²) in [5, 5.41) is 4.60. The monoisotopic (exact) mass is 296 g/mol. The lowest BCUT2D eigenvalue weighted by Crippen LogP contribution is -2.07. The van der Waals surface area contributed by atoms with E-state index in [4.69, 9.17) is 4.74 Å². The zero-order chi connectivity index (χ0) is 15.4. The van der Waals surface area contributed by atoms with Gasteiger partial charge in [0.1, 0.15) is 11.3 Å². The van der Waals surface area contributed by atoms with Crippen molar-refractivity contribution >= 4 is 16.6 Å². The summed E-state index contributed by atoms with van der Waals surface area (Å²) < 4.78 is 7.50. The van der Waals surface area contributed by atoms with Crippen molar-refractivity contribution in [3.63, 3.8) is 0 Å². The number of imidazole rings is 1. The number of hydrogen-bond acceptors (Lipinski definition) is 4. The highest BCUT2D eigenvalue weighted by Crippen LogP contribution is 2.29. The summed E-state index contributed by atoms with van der Waals surface area (Å²) in [7, 11) is 1.68. The van der Waals surface area contributed by atoms with Crippen molar-refractivity contribution in [3.05, 3.63) is 48.7 Å². The second-order valence-electron chi connectivity index (χ2n) is 5.25. The van der Waals surface area contributed by atoms with E-state index in [2.05, 4.69) is 32.0 Å². The summed E-state index contributed by atoms with van der Waals surface area (Å²) in [6, 6.07) is 8.09. The number of methoxy groups -OCH3 is 1. The molecule has 0 saturated carbocycles. The fourth-order valence-electron chi connectivity index (χ4n) is 2.56. The van der Waals surface area contributed by atoms with Crippen molar-refractivity contribution in [3.8, 4) is 5.75 Å². The average molecular weight is 296 g/mol. The van der Waals surface area contributed by atoms with Gasteiger partial charge in [-0.15, -0.1) is 0 Å². The van der Waals surface area contributed by atoms with Crippen molar-refractivity contribution in [1.29, 1.82) is 0 Å². The van der Waals surface area contributed by atoms with Crippen molar-refractivity contribution in [2.24, 2.45) is 0 Å². The highest BCUT2D eigenvalue weighted by Gasteiger charge is 2.08. The van der Waals surface area contributed by atoms with E-state index in [0.29, 0.717) is 0 Å². The minimum atomic E-state index is 0.808. The van der Waals surface area contributed by atoms with Crippen molar-refractivity contribution in [2.45, 2.75) is 19.9 Å². The molecule has 0 spiro atoms. The predicted molar refractivity (Wildman–Crippen MR) is 88.4 cm³/mol. The van der Waals surface area contributed by atoms with Crippen LogP contribution in [0.3, 0.4) is 0 Å². The van der Waals surface area contributed by atoms with Crippen LogP contribution in [-0.2, 0) is 6.54 Å². The Kier molecular flexibility index (Phi) is 4.23. The minimum Gasteiger partial charge on any atom is -0.494 e. The molecule has 0 aliphatic rings. The SMILES string of the molecule is COc1cccc2c(NCCCn3ccnc3)cc(C)nc12. The molecule has 0 saturated heterocycles. The number of nitrogens with one attached hydrogen (secondary N) is 1. The topological polar surface area (TPSA) is 52.0 Å². The number of ether oxygens (including phenoxy) is 1. The zero-order valence-corrected chi connectivity index (χ0v) is 12.9. The van der Waals surface area contributed by atoms with Crippen LogP contribution in [0.4, 0.5) is 5.69 Å². The lowest BCUT2D eigenvalue weighted by molar-refractivity contribution is 0.419. The van der Waals surface area contributed by atoms with Crippen molar-refractivity contribution < 1.29 is 4.74 Å².